The van der Waals surface area contributed by atoms with Crippen LogP contribution in [0, 0.1) is 10.5 Å². The zero-order valence-corrected chi connectivity index (χ0v) is 13.7. The summed E-state index contributed by atoms with van der Waals surface area (Å²) in [6.45, 7) is 2.09. The molecule has 19 heavy (non-hydrogen) atoms. The smallest absolute Gasteiger partial charge is 0.225 e. The van der Waals surface area contributed by atoms with Gasteiger partial charge in [0, 0.05) is 9.26 Å². The molecular weight excluding hydrogens is 393 g/mol. The Bertz CT molecular complexity index is 757. The predicted octanol–water partition coefficient (Wildman–Crippen LogP) is 5.00. The lowest BCUT2D eigenvalue weighted by Gasteiger charge is -2.08. The lowest BCUT2D eigenvalue weighted by atomic mass is 10.2. The van der Waals surface area contributed by atoms with Crippen LogP contribution < -0.4 is 5.32 Å². The Morgan fingerprint density at radius 1 is 1.26 bits per heavy atom. The summed E-state index contributed by atoms with van der Waals surface area (Å²) in [5.41, 5.74) is 2.25. The quantitative estimate of drug-likeness (QED) is 0.485. The van der Waals surface area contributed by atoms with Crippen LogP contribution in [0.3, 0.4) is 0 Å². The van der Waals surface area contributed by atoms with Crippen molar-refractivity contribution < 1.29 is 0 Å². The van der Waals surface area contributed by atoms with E-state index in [4.69, 9.17) is 11.6 Å². The summed E-state index contributed by atoms with van der Waals surface area (Å²) in [6, 6.07) is 8.20. The average Bonchev–Trinajstić information content (AvgIpc) is 2.82. The van der Waals surface area contributed by atoms with Gasteiger partial charge in [0.25, 0.3) is 0 Å². The number of hydrogen-bond acceptors (Lipinski definition) is 4. The predicted molar refractivity (Wildman–Crippen MR) is 89.6 cm³/mol. The number of rotatable bonds is 2. The highest BCUT2D eigenvalue weighted by atomic mass is 127. The van der Waals surface area contributed by atoms with Crippen LogP contribution in [0.1, 0.15) is 5.56 Å². The molecule has 3 aromatic rings. The van der Waals surface area contributed by atoms with E-state index in [1.165, 1.54) is 9.13 Å². The van der Waals surface area contributed by atoms with E-state index in [2.05, 4.69) is 56.9 Å². The molecule has 0 radical (unpaired) electrons. The number of halogens is 2. The van der Waals surface area contributed by atoms with Gasteiger partial charge in [-0.15, -0.1) is 11.3 Å². The van der Waals surface area contributed by atoms with Crippen molar-refractivity contribution >= 4 is 67.3 Å². The molecule has 1 aromatic carbocycles. The Morgan fingerprint density at radius 3 is 2.89 bits per heavy atom. The number of hydrogen-bond donors (Lipinski definition) is 1. The molecule has 0 aliphatic carbocycles. The molecule has 0 atom stereocenters. The van der Waals surface area contributed by atoms with E-state index < -0.39 is 0 Å². The van der Waals surface area contributed by atoms with Crippen molar-refractivity contribution in [2.24, 2.45) is 0 Å². The topological polar surface area (TPSA) is 37.8 Å². The molecule has 0 aliphatic rings. The van der Waals surface area contributed by atoms with Crippen molar-refractivity contribution in [3.8, 4) is 0 Å². The van der Waals surface area contributed by atoms with Gasteiger partial charge in [0.1, 0.15) is 10.6 Å². The van der Waals surface area contributed by atoms with E-state index in [0.29, 0.717) is 0 Å². The van der Waals surface area contributed by atoms with E-state index in [-0.39, 0.29) is 5.28 Å². The third kappa shape index (κ3) is 2.68. The SMILES string of the molecule is Cc1ccc(Nc2nc(Cl)nc3sccc23)cc1I. The second-order valence-corrected chi connectivity index (χ2v) is 6.46. The molecule has 2 aromatic heterocycles. The molecule has 1 N–H and O–H groups in total. The molecule has 2 heterocycles. The van der Waals surface area contributed by atoms with Crippen LogP contribution in [0.25, 0.3) is 10.2 Å². The second-order valence-electron chi connectivity index (χ2n) is 4.07. The fraction of sp³-hybridized carbons (Fsp3) is 0.0769. The average molecular weight is 402 g/mol. The molecule has 0 fully saturated rings. The van der Waals surface area contributed by atoms with Crippen LogP contribution in [0.2, 0.25) is 5.28 Å². The molecule has 96 valence electrons. The molecule has 0 spiro atoms. The summed E-state index contributed by atoms with van der Waals surface area (Å²) in [6.07, 6.45) is 0. The van der Waals surface area contributed by atoms with Crippen molar-refractivity contribution in [2.75, 3.05) is 5.32 Å². The van der Waals surface area contributed by atoms with Crippen molar-refractivity contribution in [3.63, 3.8) is 0 Å². The monoisotopic (exact) mass is 401 g/mol. The summed E-state index contributed by atoms with van der Waals surface area (Å²) in [4.78, 5) is 9.36. The Balaban J connectivity index is 2.04. The molecule has 0 unspecified atom stereocenters. The molecule has 0 saturated carbocycles. The maximum absolute atomic E-state index is 5.95. The Hall–Kier alpha value is -0.920. The number of aryl methyl sites for hydroxylation is 1. The van der Waals surface area contributed by atoms with E-state index in [1.54, 1.807) is 11.3 Å². The van der Waals surface area contributed by atoms with Gasteiger partial charge in [0.05, 0.1) is 5.39 Å². The maximum atomic E-state index is 5.95. The summed E-state index contributed by atoms with van der Waals surface area (Å²) < 4.78 is 1.21. The number of fused-ring (bicyclic) bond motifs is 1. The molecule has 0 saturated heterocycles. The highest BCUT2D eigenvalue weighted by Crippen LogP contribution is 2.29. The number of aromatic nitrogens is 2. The zero-order valence-electron chi connectivity index (χ0n) is 9.95. The number of benzene rings is 1. The summed E-state index contributed by atoms with van der Waals surface area (Å²) in [5, 5.41) is 6.55. The van der Waals surface area contributed by atoms with E-state index in [1.807, 2.05) is 17.5 Å². The van der Waals surface area contributed by atoms with Crippen molar-refractivity contribution in [3.05, 3.63) is 44.1 Å². The fourth-order valence-corrected chi connectivity index (χ4v) is 3.23. The molecule has 0 bridgehead atoms. The minimum absolute atomic E-state index is 0.263. The molecular formula is C13H9ClIN3S. The Labute approximate surface area is 133 Å². The van der Waals surface area contributed by atoms with Crippen LogP contribution in [-0.4, -0.2) is 9.97 Å². The molecule has 0 amide bonds. The molecule has 3 nitrogen and oxygen atoms in total. The van der Waals surface area contributed by atoms with Crippen molar-refractivity contribution in [2.45, 2.75) is 6.92 Å². The Morgan fingerprint density at radius 2 is 2.11 bits per heavy atom. The van der Waals surface area contributed by atoms with Crippen LogP contribution in [0.4, 0.5) is 11.5 Å². The summed E-state index contributed by atoms with van der Waals surface area (Å²) >= 11 is 9.82. The summed E-state index contributed by atoms with van der Waals surface area (Å²) in [5.74, 6) is 0.746. The zero-order chi connectivity index (χ0) is 13.4. The molecule has 3 rings (SSSR count). The summed E-state index contributed by atoms with van der Waals surface area (Å²) in [7, 11) is 0. The molecule has 6 heteroatoms. The highest BCUT2D eigenvalue weighted by molar-refractivity contribution is 14.1. The maximum Gasteiger partial charge on any atom is 0.225 e. The second kappa shape index (κ2) is 5.22. The van der Waals surface area contributed by atoms with Crippen LogP contribution >= 0.6 is 45.5 Å². The van der Waals surface area contributed by atoms with Gasteiger partial charge in [-0.25, -0.2) is 4.98 Å². The first-order chi connectivity index (χ1) is 9.13. The van der Waals surface area contributed by atoms with Gasteiger partial charge in [-0.05, 0) is 70.3 Å². The van der Waals surface area contributed by atoms with Gasteiger partial charge in [0.2, 0.25) is 5.28 Å². The van der Waals surface area contributed by atoms with Crippen LogP contribution in [-0.2, 0) is 0 Å². The van der Waals surface area contributed by atoms with Crippen LogP contribution in [0.15, 0.2) is 29.6 Å². The number of nitrogens with one attached hydrogen (secondary N) is 1. The lowest BCUT2D eigenvalue weighted by Crippen LogP contribution is -1.96. The highest BCUT2D eigenvalue weighted by Gasteiger charge is 2.08. The van der Waals surface area contributed by atoms with E-state index in [9.17, 15) is 0 Å². The first-order valence-electron chi connectivity index (χ1n) is 5.57. The number of thiophene rings is 1. The van der Waals surface area contributed by atoms with Crippen molar-refractivity contribution in [1.29, 1.82) is 0 Å². The van der Waals surface area contributed by atoms with Gasteiger partial charge in [0.15, 0.2) is 0 Å². The normalized spacial score (nSPS) is 10.9. The van der Waals surface area contributed by atoms with Gasteiger partial charge in [-0.2, -0.15) is 4.98 Å². The third-order valence-corrected chi connectivity index (χ3v) is 4.87. The number of nitrogens with zero attached hydrogens (tertiary/aromatic N) is 2. The largest absolute Gasteiger partial charge is 0.340 e. The Kier molecular flexibility index (Phi) is 3.60. The lowest BCUT2D eigenvalue weighted by molar-refractivity contribution is 1.23. The fourth-order valence-electron chi connectivity index (χ4n) is 1.73. The number of anilines is 2. The van der Waals surface area contributed by atoms with E-state index >= 15 is 0 Å². The van der Waals surface area contributed by atoms with Gasteiger partial charge < -0.3 is 5.32 Å². The minimum atomic E-state index is 0.263. The standard InChI is InChI=1S/C13H9ClIN3S/c1-7-2-3-8(6-10(7)15)16-11-9-4-5-19-12(9)18-13(14)17-11/h2-6H,1H3,(H,16,17,18). The van der Waals surface area contributed by atoms with Gasteiger partial charge >= 0.3 is 0 Å². The van der Waals surface area contributed by atoms with E-state index in [0.717, 1.165) is 21.7 Å². The van der Waals surface area contributed by atoms with Crippen molar-refractivity contribution in [1.82, 2.24) is 9.97 Å². The first-order valence-corrected chi connectivity index (χ1v) is 7.91. The van der Waals surface area contributed by atoms with Gasteiger partial charge in [-0.1, -0.05) is 6.07 Å². The third-order valence-electron chi connectivity index (χ3n) is 2.73. The minimum Gasteiger partial charge on any atom is -0.340 e. The van der Waals surface area contributed by atoms with Gasteiger partial charge in [-0.3, -0.25) is 0 Å². The van der Waals surface area contributed by atoms with Crippen LogP contribution in [0.5, 0.6) is 0 Å². The first kappa shape index (κ1) is 13.1. The molecule has 0 aliphatic heterocycles.